The molecule has 0 aliphatic carbocycles. The summed E-state index contributed by atoms with van der Waals surface area (Å²) >= 11 is 5.39. The van der Waals surface area contributed by atoms with Gasteiger partial charge in [-0.2, -0.15) is 0 Å². The van der Waals surface area contributed by atoms with Crippen LogP contribution in [0.1, 0.15) is 2.85 Å². The van der Waals surface area contributed by atoms with Crippen molar-refractivity contribution in [1.29, 1.82) is 0 Å². The van der Waals surface area contributed by atoms with Crippen molar-refractivity contribution in [1.82, 2.24) is 0 Å². The third kappa shape index (κ3) is 9.54. The van der Waals surface area contributed by atoms with E-state index in [9.17, 15) is 4.79 Å². The summed E-state index contributed by atoms with van der Waals surface area (Å²) in [7, 11) is 0. The van der Waals surface area contributed by atoms with Crippen LogP contribution in [0.2, 0.25) is 0 Å². The first-order chi connectivity index (χ1) is 4.57. The zero-order valence-electron chi connectivity index (χ0n) is 9.11. The number of hydrogen-bond acceptors (Lipinski definition) is 3. The van der Waals surface area contributed by atoms with Gasteiger partial charge in [0.2, 0.25) is 0 Å². The van der Waals surface area contributed by atoms with Crippen LogP contribution in [0.4, 0.5) is 0 Å². The molecular weight excluding hydrogens is 216 g/mol. The van der Waals surface area contributed by atoms with E-state index in [0.717, 1.165) is 11.8 Å². The van der Waals surface area contributed by atoms with E-state index < -0.39 is 11.2 Å². The van der Waals surface area contributed by atoms with Crippen LogP contribution in [-0.2, 0) is 4.79 Å². The van der Waals surface area contributed by atoms with Crippen LogP contribution in [-0.4, -0.2) is 20.6 Å². The summed E-state index contributed by atoms with van der Waals surface area (Å²) < 4.78 is 0.118. The Morgan fingerprint density at radius 3 is 2.25 bits per heavy atom. The molecule has 3 N–H and O–H groups in total. The van der Waals surface area contributed by atoms with Gasteiger partial charge < -0.3 is 13.7 Å². The van der Waals surface area contributed by atoms with Gasteiger partial charge in [0.15, 0.2) is 0 Å². The molecule has 12 heavy (non-hydrogen) atoms. The number of carboxylic acids is 1. The van der Waals surface area contributed by atoms with Crippen molar-refractivity contribution < 1.29 is 71.9 Å². The Bertz CT molecular complexity index is 185. The van der Waals surface area contributed by atoms with E-state index in [4.69, 9.17) is 10.8 Å². The van der Waals surface area contributed by atoms with Gasteiger partial charge in [0, 0.05) is 0 Å². The van der Waals surface area contributed by atoms with Gasteiger partial charge in [0.1, 0.15) is 9.57 Å². The van der Waals surface area contributed by atoms with Crippen LogP contribution in [0.3, 0.4) is 0 Å². The number of thioether (sulfide) groups is 1. The van der Waals surface area contributed by atoms with Gasteiger partial charge in [0.25, 0.3) is 0 Å². The molecule has 1 unspecified atom stereocenters. The van der Waals surface area contributed by atoms with Gasteiger partial charge in [-0.15, -0.1) is 6.58 Å². The molecule has 3 nitrogen and oxygen atoms in total. The number of carbonyl (C=O) groups is 1. The molecule has 0 aliphatic rings. The number of nitrogens with two attached hydrogens (primary N) is 1. The van der Waals surface area contributed by atoms with E-state index in [1.165, 1.54) is 6.08 Å². The zero-order chi connectivity index (χ0) is 8.15. The predicted octanol–water partition coefficient (Wildman–Crippen LogP) is -5.16. The fraction of sp³-hybridized carbons (Fsp3) is 0.200. The second-order valence-electron chi connectivity index (χ2n) is 1.43. The molecule has 0 heterocycles. The minimum atomic E-state index is -0.979. The number of thiocarbonyl (C=S) groups is 1. The Hall–Kier alpha value is 1.45. The van der Waals surface area contributed by atoms with Gasteiger partial charge in [-0.05, 0) is 0 Å². The number of rotatable bonds is 3. The Morgan fingerprint density at radius 1 is 1.75 bits per heavy atom. The third-order valence-corrected chi connectivity index (χ3v) is 1.87. The van der Waals surface area contributed by atoms with Gasteiger partial charge >= 0.3 is 65.1 Å². The van der Waals surface area contributed by atoms with Crippen LogP contribution in [0.15, 0.2) is 12.7 Å². The van der Waals surface area contributed by atoms with E-state index >= 15 is 0 Å². The summed E-state index contributed by atoms with van der Waals surface area (Å²) in [6.07, 6.45) is 1.28. The zero-order valence-corrected chi connectivity index (χ0v) is 12.7. The summed E-state index contributed by atoms with van der Waals surface area (Å²) in [5.41, 5.74) is 5.09. The summed E-state index contributed by atoms with van der Waals surface area (Å²) in [6.45, 7) is 3.32. The van der Waals surface area contributed by atoms with Crippen LogP contribution >= 0.6 is 24.0 Å². The number of carboxylic acid groups (broad SMARTS) is 1. The monoisotopic (exact) mass is 225 g/mol. The van der Waals surface area contributed by atoms with E-state index in [1.807, 2.05) is 0 Å². The fourth-order valence-electron chi connectivity index (χ4n) is 0.324. The van der Waals surface area contributed by atoms with Gasteiger partial charge in [-0.25, -0.2) is 0 Å². The van der Waals surface area contributed by atoms with Crippen molar-refractivity contribution in [2.24, 2.45) is 5.73 Å². The topological polar surface area (TPSA) is 63.3 Å². The van der Waals surface area contributed by atoms with Gasteiger partial charge in [-0.3, -0.25) is 4.79 Å². The predicted molar refractivity (Wildman–Crippen MR) is 48.2 cm³/mol. The largest absolute Gasteiger partial charge is 1.00 e. The van der Waals surface area contributed by atoms with Crippen LogP contribution in [0.5, 0.6) is 0 Å². The molecule has 0 aromatic heterocycles. The average molecular weight is 225 g/mol. The first kappa shape index (κ1) is 19.1. The molecule has 0 bridgehead atoms. The fourth-order valence-corrected chi connectivity index (χ4v) is 1.08. The van der Waals surface area contributed by atoms with E-state index in [-0.39, 0.29) is 66.3 Å². The van der Waals surface area contributed by atoms with Crippen molar-refractivity contribution in [2.45, 2.75) is 5.25 Å². The summed E-state index contributed by atoms with van der Waals surface area (Å²) in [6, 6.07) is 0. The minimum Gasteiger partial charge on any atom is -1.00 e. The minimum absolute atomic E-state index is 0. The van der Waals surface area contributed by atoms with E-state index in [2.05, 4.69) is 18.8 Å². The average Bonchev–Trinajstić information content (AvgIpc) is 1.81. The first-order valence-electron chi connectivity index (χ1n) is 2.39. The molecule has 60 valence electrons. The maximum Gasteiger partial charge on any atom is 1.00 e. The van der Waals surface area contributed by atoms with Crippen LogP contribution in [0.25, 0.3) is 0 Å². The molecule has 0 saturated carbocycles. The SMILES string of the molecule is C=CC(SC(N)=S)C(=O)O.[H-].[H-].[Na+].[Na+]. The second-order valence-corrected chi connectivity index (χ2v) is 3.31. The Balaban J connectivity index is -0.0000000675. The molecule has 0 rings (SSSR count). The summed E-state index contributed by atoms with van der Waals surface area (Å²) in [5.74, 6) is -0.979. The van der Waals surface area contributed by atoms with Gasteiger partial charge in [0.05, 0.1) is 0 Å². The van der Waals surface area contributed by atoms with E-state index in [0.29, 0.717) is 0 Å². The number of aliphatic carboxylic acids is 1. The summed E-state index contributed by atoms with van der Waals surface area (Å²) in [4.78, 5) is 10.3. The Labute approximate surface area is 128 Å². The standard InChI is InChI=1S/C5H7NO2S2.2Na.2H/c1-2-3(4(7)8)10-5(6)9;;;;/h2-3H,1H2,(H2,6,9)(H,7,8);;;;/q;2*+1;2*-1. The molecule has 0 fully saturated rings. The molecule has 7 heteroatoms. The maximum atomic E-state index is 10.3. The molecule has 0 spiro atoms. The maximum absolute atomic E-state index is 10.3. The first-order valence-corrected chi connectivity index (χ1v) is 3.68. The molecule has 0 saturated heterocycles. The molecule has 0 aromatic carbocycles. The normalized spacial score (nSPS) is 10.0. The molecule has 0 radical (unpaired) electrons. The van der Waals surface area contributed by atoms with Crippen molar-refractivity contribution in [3.63, 3.8) is 0 Å². The van der Waals surface area contributed by atoms with Crippen molar-refractivity contribution in [3.8, 4) is 0 Å². The molecule has 0 aliphatic heterocycles. The second kappa shape index (κ2) is 10.5. The smallest absolute Gasteiger partial charge is 1.00 e. The number of hydrogen-bond donors (Lipinski definition) is 2. The molecule has 1 atom stereocenters. The Morgan fingerprint density at radius 2 is 2.17 bits per heavy atom. The van der Waals surface area contributed by atoms with Gasteiger partial charge in [-0.1, -0.05) is 30.1 Å². The van der Waals surface area contributed by atoms with Crippen molar-refractivity contribution in [2.75, 3.05) is 0 Å². The third-order valence-electron chi connectivity index (χ3n) is 0.701. The molecular formula is C5H9NNa2O2S2. The van der Waals surface area contributed by atoms with E-state index in [1.54, 1.807) is 0 Å². The van der Waals surface area contributed by atoms with Crippen LogP contribution < -0.4 is 64.8 Å². The Kier molecular flexibility index (Phi) is 16.8. The molecule has 0 aromatic rings. The summed E-state index contributed by atoms with van der Waals surface area (Å²) in [5, 5.41) is 7.69. The quantitative estimate of drug-likeness (QED) is 0.286. The molecule has 0 amide bonds. The van der Waals surface area contributed by atoms with Crippen molar-refractivity contribution >= 4 is 34.3 Å². The van der Waals surface area contributed by atoms with Crippen LogP contribution in [0, 0.1) is 0 Å². The van der Waals surface area contributed by atoms with Crippen molar-refractivity contribution in [3.05, 3.63) is 12.7 Å².